The molecule has 0 heterocycles. The fraction of sp³-hybridized carbons (Fsp3) is 0.312. The van der Waals surface area contributed by atoms with Crippen LogP contribution in [-0.2, 0) is 9.47 Å². The van der Waals surface area contributed by atoms with Gasteiger partial charge in [0.25, 0.3) is 0 Å². The molecule has 2 rings (SSSR count). The first-order valence-corrected chi connectivity index (χ1v) is 6.39. The van der Waals surface area contributed by atoms with E-state index in [2.05, 4.69) is 0 Å². The molecule has 0 saturated carbocycles. The molecule has 4 nitrogen and oxygen atoms in total. The van der Waals surface area contributed by atoms with Crippen LogP contribution in [0.25, 0.3) is 0 Å². The van der Waals surface area contributed by atoms with Crippen molar-refractivity contribution in [1.82, 2.24) is 0 Å². The zero-order valence-electron chi connectivity index (χ0n) is 11.6. The Bertz CT molecular complexity index is 539. The Labute approximate surface area is 118 Å². The average Bonchev–Trinajstić information content (AvgIpc) is 2.54. The Morgan fingerprint density at radius 2 is 1.90 bits per heavy atom. The first kappa shape index (κ1) is 14.7. The summed E-state index contributed by atoms with van der Waals surface area (Å²) >= 11 is 0. The highest BCUT2D eigenvalue weighted by molar-refractivity contribution is 6.11. The number of hydrogen-bond donors (Lipinski definition) is 1. The number of benzene rings is 1. The Kier molecular flexibility index (Phi) is 4.49. The molecule has 0 aromatic heterocycles. The second kappa shape index (κ2) is 6.13. The van der Waals surface area contributed by atoms with Crippen molar-refractivity contribution in [2.45, 2.75) is 12.2 Å². The van der Waals surface area contributed by atoms with Gasteiger partial charge >= 0.3 is 0 Å². The lowest BCUT2D eigenvalue weighted by atomic mass is 9.89. The maximum Gasteiger partial charge on any atom is 0.193 e. The third-order valence-electron chi connectivity index (χ3n) is 3.49. The van der Waals surface area contributed by atoms with Crippen LogP contribution in [0.3, 0.4) is 0 Å². The van der Waals surface area contributed by atoms with E-state index in [1.54, 1.807) is 36.4 Å². The van der Waals surface area contributed by atoms with Crippen molar-refractivity contribution in [2.75, 3.05) is 20.8 Å². The number of methoxy groups -OCH3 is 2. The number of carbonyl (C=O) groups excluding carboxylic acids is 1. The third kappa shape index (κ3) is 2.72. The minimum absolute atomic E-state index is 0.149. The van der Waals surface area contributed by atoms with Crippen LogP contribution in [0.15, 0.2) is 53.6 Å². The van der Waals surface area contributed by atoms with Crippen molar-refractivity contribution in [1.29, 1.82) is 0 Å². The van der Waals surface area contributed by atoms with Gasteiger partial charge in [-0.15, -0.1) is 0 Å². The normalized spacial score (nSPS) is 17.4. The van der Waals surface area contributed by atoms with E-state index in [1.807, 2.05) is 6.07 Å². The van der Waals surface area contributed by atoms with Crippen LogP contribution in [0, 0.1) is 0 Å². The number of aliphatic hydroxyl groups excluding tert-OH is 1. The van der Waals surface area contributed by atoms with E-state index in [1.165, 1.54) is 14.2 Å². The number of Topliss-reactive ketones (excluding diaryl/α,β-unsaturated/α-hetero) is 1. The van der Waals surface area contributed by atoms with Gasteiger partial charge in [-0.1, -0.05) is 36.4 Å². The molecule has 0 atom stereocenters. The van der Waals surface area contributed by atoms with Gasteiger partial charge in [-0.2, -0.15) is 0 Å². The molecule has 0 aliphatic heterocycles. The summed E-state index contributed by atoms with van der Waals surface area (Å²) < 4.78 is 10.7. The molecular formula is C16H18O4. The molecule has 1 aliphatic carbocycles. The summed E-state index contributed by atoms with van der Waals surface area (Å²) in [5, 5.41) is 9.43. The Balaban J connectivity index is 2.42. The molecule has 0 spiro atoms. The number of carbonyl (C=O) groups is 1. The van der Waals surface area contributed by atoms with Crippen LogP contribution in [0.5, 0.6) is 0 Å². The molecule has 0 bridgehead atoms. The summed E-state index contributed by atoms with van der Waals surface area (Å²) in [7, 11) is 3.06. The van der Waals surface area contributed by atoms with E-state index in [9.17, 15) is 9.90 Å². The molecule has 4 heteroatoms. The first-order chi connectivity index (χ1) is 9.65. The first-order valence-electron chi connectivity index (χ1n) is 6.39. The molecule has 0 fully saturated rings. The second-order valence-electron chi connectivity index (χ2n) is 4.56. The highest BCUT2D eigenvalue weighted by Gasteiger charge is 2.33. The summed E-state index contributed by atoms with van der Waals surface area (Å²) in [6, 6.07) is 8.95. The molecule has 0 saturated heterocycles. The monoisotopic (exact) mass is 274 g/mol. The van der Waals surface area contributed by atoms with Crippen molar-refractivity contribution in [2.24, 2.45) is 0 Å². The number of hydrogen-bond acceptors (Lipinski definition) is 4. The lowest BCUT2D eigenvalue weighted by Crippen LogP contribution is -2.34. The van der Waals surface area contributed by atoms with Crippen LogP contribution < -0.4 is 0 Å². The van der Waals surface area contributed by atoms with Gasteiger partial charge in [-0.3, -0.25) is 4.79 Å². The zero-order chi connectivity index (χ0) is 14.6. The lowest BCUT2D eigenvalue weighted by Gasteiger charge is -2.31. The number of ketones is 1. The van der Waals surface area contributed by atoms with Gasteiger partial charge in [-0.25, -0.2) is 0 Å². The van der Waals surface area contributed by atoms with Crippen molar-refractivity contribution >= 4 is 5.78 Å². The SMILES string of the molecule is COC1(OC)C=C(C(=O)c2ccccc2)C(CO)=CC1. The fourth-order valence-corrected chi connectivity index (χ4v) is 2.22. The van der Waals surface area contributed by atoms with E-state index in [4.69, 9.17) is 9.47 Å². The standard InChI is InChI=1S/C16H18O4/c1-19-16(20-2)9-8-13(11-17)14(10-16)15(18)12-6-4-3-5-7-12/h3-8,10,17H,9,11H2,1-2H3. The molecule has 1 aromatic carbocycles. The van der Waals surface area contributed by atoms with Crippen molar-refractivity contribution < 1.29 is 19.4 Å². The van der Waals surface area contributed by atoms with Crippen molar-refractivity contribution in [3.05, 3.63) is 59.2 Å². The van der Waals surface area contributed by atoms with Crippen molar-refractivity contribution in [3.8, 4) is 0 Å². The van der Waals surface area contributed by atoms with Gasteiger partial charge in [0.15, 0.2) is 11.6 Å². The van der Waals surface area contributed by atoms with Gasteiger partial charge in [0.05, 0.1) is 6.61 Å². The summed E-state index contributed by atoms with van der Waals surface area (Å²) in [4.78, 5) is 12.6. The van der Waals surface area contributed by atoms with Gasteiger partial charge in [-0.05, 0) is 11.6 Å². The van der Waals surface area contributed by atoms with Crippen LogP contribution in [-0.4, -0.2) is 37.5 Å². The van der Waals surface area contributed by atoms with Gasteiger partial charge in [0.2, 0.25) is 0 Å². The summed E-state index contributed by atoms with van der Waals surface area (Å²) in [5.41, 5.74) is 1.60. The van der Waals surface area contributed by atoms with E-state index in [0.717, 1.165) is 0 Å². The molecule has 0 unspecified atom stereocenters. The summed E-state index contributed by atoms with van der Waals surface area (Å²) in [6.45, 7) is -0.187. The van der Waals surface area contributed by atoms with E-state index in [-0.39, 0.29) is 12.4 Å². The molecule has 1 aromatic rings. The third-order valence-corrected chi connectivity index (χ3v) is 3.49. The van der Waals surface area contributed by atoms with Crippen LogP contribution in [0.4, 0.5) is 0 Å². The van der Waals surface area contributed by atoms with Gasteiger partial charge < -0.3 is 14.6 Å². The Hall–Kier alpha value is -1.75. The number of rotatable bonds is 5. The quantitative estimate of drug-likeness (QED) is 0.660. The molecular weight excluding hydrogens is 256 g/mol. The minimum Gasteiger partial charge on any atom is -0.392 e. The second-order valence-corrected chi connectivity index (χ2v) is 4.56. The summed E-state index contributed by atoms with van der Waals surface area (Å²) in [5.74, 6) is -1.09. The molecule has 20 heavy (non-hydrogen) atoms. The smallest absolute Gasteiger partial charge is 0.193 e. The topological polar surface area (TPSA) is 55.8 Å². The molecule has 106 valence electrons. The highest BCUT2D eigenvalue weighted by Crippen LogP contribution is 2.31. The van der Waals surface area contributed by atoms with E-state index in [0.29, 0.717) is 23.1 Å². The zero-order valence-corrected chi connectivity index (χ0v) is 11.6. The average molecular weight is 274 g/mol. The van der Waals surface area contributed by atoms with Crippen LogP contribution >= 0.6 is 0 Å². The fourth-order valence-electron chi connectivity index (χ4n) is 2.22. The maximum atomic E-state index is 12.6. The largest absolute Gasteiger partial charge is 0.392 e. The molecule has 1 aliphatic rings. The molecule has 0 amide bonds. The van der Waals surface area contributed by atoms with Crippen molar-refractivity contribution in [3.63, 3.8) is 0 Å². The number of ether oxygens (including phenoxy) is 2. The minimum atomic E-state index is -0.946. The van der Waals surface area contributed by atoms with Gasteiger partial charge in [0, 0.05) is 31.8 Å². The predicted molar refractivity (Wildman–Crippen MR) is 75.4 cm³/mol. The lowest BCUT2D eigenvalue weighted by molar-refractivity contribution is -0.168. The van der Waals surface area contributed by atoms with Crippen LogP contribution in [0.1, 0.15) is 16.8 Å². The maximum absolute atomic E-state index is 12.6. The Morgan fingerprint density at radius 3 is 2.45 bits per heavy atom. The Morgan fingerprint density at radius 1 is 1.25 bits per heavy atom. The van der Waals surface area contributed by atoms with Crippen LogP contribution in [0.2, 0.25) is 0 Å². The van der Waals surface area contributed by atoms with E-state index >= 15 is 0 Å². The van der Waals surface area contributed by atoms with Gasteiger partial charge in [0.1, 0.15) is 0 Å². The molecule has 1 N–H and O–H groups in total. The number of aliphatic hydroxyl groups is 1. The van der Waals surface area contributed by atoms with E-state index < -0.39 is 5.79 Å². The summed E-state index contributed by atoms with van der Waals surface area (Å²) in [6.07, 6.45) is 3.89. The predicted octanol–water partition coefficient (Wildman–Crippen LogP) is 2.11. The highest BCUT2D eigenvalue weighted by atomic mass is 16.7. The molecule has 0 radical (unpaired) electrons.